The molecular weight excluding hydrogens is 1960 g/mol. The van der Waals surface area contributed by atoms with Crippen molar-refractivity contribution in [2.75, 3.05) is 161 Å². The summed E-state index contributed by atoms with van der Waals surface area (Å²) in [6.45, 7) is 36.9. The first kappa shape index (κ1) is 115. The number of nitrogens with one attached hydrogen (secondary N) is 1. The van der Waals surface area contributed by atoms with Crippen LogP contribution in [0.25, 0.3) is 0 Å². The molecule has 7 heterocycles. The lowest BCUT2D eigenvalue weighted by molar-refractivity contribution is -0.154. The second-order valence-electron chi connectivity index (χ2n) is 34.4. The Balaban J connectivity index is 0.000000222. The van der Waals surface area contributed by atoms with Gasteiger partial charge in [0.05, 0.1) is 66.2 Å². The molecule has 0 spiro atoms. The van der Waals surface area contributed by atoms with Crippen molar-refractivity contribution in [1.29, 1.82) is 0 Å². The summed E-state index contributed by atoms with van der Waals surface area (Å²) in [4.78, 5) is 177. The Morgan fingerprint density at radius 3 is 0.786 bits per heavy atom. The molecule has 0 radical (unpaired) electrons. The number of hydrogen-bond donors (Lipinski definition) is 1. The minimum atomic E-state index is -0.602. The van der Waals surface area contributed by atoms with E-state index in [0.29, 0.717) is 126 Å². The third-order valence-electron chi connectivity index (χ3n) is 22.0. The fourth-order valence-corrected chi connectivity index (χ4v) is 16.3. The van der Waals surface area contributed by atoms with Gasteiger partial charge >= 0.3 is 23.9 Å². The van der Waals surface area contributed by atoms with E-state index in [0.717, 1.165) is 66.8 Å². The SMILES string of the molecule is C.CC(=O)CN1C(=O)COc2cc(C)c(Cl)c(C)c21.CCOC(=O)CN1C(=O)COc2cc(C)c(Cl)c(C)c21.CNC(=O)CN1C(=O)COc2cc(C)c(Cl)c(C)c21.COC(=O)CN1C(=O)COc2cc(C)c(Cl)c(C)c21.Cc1cc2c(c(C)c1Cl)N(CC(=O)N(C)C)C(=O)CO2.Cc1cc2c(c(C)c1Cl)N(CC(=O)OC(C)(C)C)C(=O)CO2.Cc1cc2c(c(C)c1Cl)N(CC(=O)OC(C)C)C(=O)CO2. The van der Waals surface area contributed by atoms with Crippen molar-refractivity contribution in [2.45, 2.75) is 165 Å². The summed E-state index contributed by atoms with van der Waals surface area (Å²) in [5.74, 6) is -0.169. The minimum absolute atomic E-state index is 0. The number of carbonyl (C=O) groups excluding carboxylic acids is 14. The first-order valence-electron chi connectivity index (χ1n) is 43.6. The molecule has 0 unspecified atom stereocenters. The van der Waals surface area contributed by atoms with Crippen molar-refractivity contribution in [3.05, 3.63) is 156 Å². The molecule has 0 atom stereocenters. The number of aryl methyl sites for hydroxylation is 7. The number of hydrogen-bond acceptors (Lipinski definition) is 25. The van der Waals surface area contributed by atoms with Crippen LogP contribution < -0.4 is 72.8 Å². The molecule has 7 aliphatic rings. The van der Waals surface area contributed by atoms with Crippen LogP contribution in [-0.2, 0) is 86.1 Å². The van der Waals surface area contributed by atoms with Gasteiger partial charge in [0.1, 0.15) is 90.9 Å². The molecule has 34 nitrogen and oxygen atoms in total. The fourth-order valence-electron chi connectivity index (χ4n) is 15.3. The van der Waals surface area contributed by atoms with Gasteiger partial charge in [0, 0.05) is 56.3 Å². The highest BCUT2D eigenvalue weighted by Crippen LogP contribution is 2.48. The number of ether oxygens (including phenoxy) is 11. The van der Waals surface area contributed by atoms with E-state index < -0.39 is 29.5 Å². The van der Waals surface area contributed by atoms with Crippen molar-refractivity contribution in [3.8, 4) is 40.2 Å². The molecule has 9 amide bonds. The number of benzene rings is 7. The summed E-state index contributed by atoms with van der Waals surface area (Å²) in [5.41, 5.74) is 14.6. The number of ketones is 1. The van der Waals surface area contributed by atoms with Crippen LogP contribution in [0.3, 0.4) is 0 Å². The zero-order valence-electron chi connectivity index (χ0n) is 82.2. The standard InChI is InChI=1S/C16H20ClNO4.C15H18ClNO4.C14H17ClN2O3.C14H16ClNO4.C13H15ClN2O3.C13H14ClNO4.C13H14ClNO3.CH4/c1-9-6-11-15(10(2)14(9)17)18(12(19)8-21-11)7-13(20)22-16(3,4)5;1-8(2)21-13(19)6-17-12(18)7-20-11-5-9(3)14(16)10(4)15(11)17;1-8-5-10-14(9(2)13(8)15)17(12(19)7-20-10)6-11(18)16(3)4;1-4-19-12(18)6-16-11(17)7-20-10-5-8(2)13(15)9(3)14(10)16;1-7-4-9-13(8(2)12(7)14)16(5-10(17)15-3)11(18)6-19-9;1-7-4-9-13(8(2)12(7)14)15(5-11(17)18-3)10(16)6-19-9;1-7-4-10-13(9(3)12(7)14)15(5-8(2)16)11(17)6-18-10;/h6H,7-8H2,1-5H3;5,8H,6-7H2,1-4H3;5H,6-7H2,1-4H3;5H,4,6-7H2,1-3H3;4H,5-6H2,1-3H3,(H,15,17);4H,5-6H2,1-3H3;4H,5-6H2,1-3H3;1H4. The number of fused-ring (bicyclic) bond motifs is 7. The van der Waals surface area contributed by atoms with Crippen LogP contribution in [0.2, 0.25) is 35.2 Å². The number of carbonyl (C=O) groups is 14. The van der Waals surface area contributed by atoms with E-state index in [1.807, 2.05) is 69.2 Å². The third-order valence-corrected chi connectivity index (χ3v) is 26.0. The predicted molar refractivity (Wildman–Crippen MR) is 537 cm³/mol. The molecule has 0 bridgehead atoms. The maximum absolute atomic E-state index is 12.2. The number of likely N-dealkylation sites (N-methyl/N-ethyl adjacent to an activating group) is 2. The molecule has 1 N–H and O–H groups in total. The smallest absolute Gasteiger partial charge is 0.326 e. The quantitative estimate of drug-likeness (QED) is 0.0693. The lowest BCUT2D eigenvalue weighted by Crippen LogP contribution is -2.45. The van der Waals surface area contributed by atoms with E-state index in [1.165, 1.54) is 60.3 Å². The third kappa shape index (κ3) is 27.6. The second-order valence-corrected chi connectivity index (χ2v) is 37.0. The number of amides is 9. The van der Waals surface area contributed by atoms with E-state index in [1.54, 1.807) is 126 Å². The molecule has 7 aliphatic heterocycles. The van der Waals surface area contributed by atoms with Gasteiger partial charge in [0.15, 0.2) is 46.2 Å². The zero-order valence-corrected chi connectivity index (χ0v) is 87.4. The highest BCUT2D eigenvalue weighted by atomic mass is 35.5. The van der Waals surface area contributed by atoms with Gasteiger partial charge in [0.25, 0.3) is 41.4 Å². The van der Waals surface area contributed by atoms with Crippen LogP contribution in [0.5, 0.6) is 40.2 Å². The van der Waals surface area contributed by atoms with Crippen molar-refractivity contribution in [2.24, 2.45) is 0 Å². The number of nitrogens with zero attached hydrogens (tertiary/aromatic N) is 8. The van der Waals surface area contributed by atoms with Gasteiger partial charge in [-0.15, -0.1) is 0 Å². The lowest BCUT2D eigenvalue weighted by Gasteiger charge is -2.32. The molecule has 41 heteroatoms. The highest BCUT2D eigenvalue weighted by Gasteiger charge is 2.39. The topological polar surface area (TPSA) is 378 Å². The molecule has 0 saturated heterocycles. The van der Waals surface area contributed by atoms with Crippen LogP contribution in [0, 0.1) is 96.9 Å². The Morgan fingerprint density at radius 1 is 0.364 bits per heavy atom. The first-order valence-corrected chi connectivity index (χ1v) is 46.3. The zero-order chi connectivity index (χ0) is 104. The average molecular weight is 2080 g/mol. The normalized spacial score (nSPS) is 13.9. The Kier molecular flexibility index (Phi) is 40.5. The van der Waals surface area contributed by atoms with Gasteiger partial charge in [0.2, 0.25) is 11.8 Å². The predicted octanol–water partition coefficient (Wildman–Crippen LogP) is 15.9. The molecule has 0 fully saturated rings. The fraction of sp³-hybridized carbons (Fsp3) is 0.434. The number of Topliss-reactive ketones (excluding diaryl/α,β-unsaturated/α-hetero) is 1. The Morgan fingerprint density at radius 2 is 0.579 bits per heavy atom. The van der Waals surface area contributed by atoms with E-state index >= 15 is 0 Å². The van der Waals surface area contributed by atoms with E-state index in [2.05, 4.69) is 10.1 Å². The number of esters is 4. The van der Waals surface area contributed by atoms with Crippen LogP contribution >= 0.6 is 81.2 Å². The van der Waals surface area contributed by atoms with Gasteiger partial charge in [-0.25, -0.2) is 0 Å². The maximum Gasteiger partial charge on any atom is 0.326 e. The Hall–Kier alpha value is -12.1. The first-order chi connectivity index (χ1) is 65.0. The summed E-state index contributed by atoms with van der Waals surface area (Å²) in [5, 5.41) is 6.52. The summed E-state index contributed by atoms with van der Waals surface area (Å²) in [6.07, 6.45) is -0.226. The molecule has 7 aromatic carbocycles. The largest absolute Gasteiger partial charge is 0.482 e. The van der Waals surface area contributed by atoms with Gasteiger partial charge in [-0.2, -0.15) is 0 Å². The van der Waals surface area contributed by atoms with Crippen LogP contribution in [0.4, 0.5) is 39.8 Å². The number of anilines is 7. The van der Waals surface area contributed by atoms with Crippen molar-refractivity contribution < 1.29 is 119 Å². The highest BCUT2D eigenvalue weighted by molar-refractivity contribution is 6.36. The molecule has 140 heavy (non-hydrogen) atoms. The maximum atomic E-state index is 12.2. The number of rotatable bonds is 16. The molecule has 0 saturated carbocycles. The van der Waals surface area contributed by atoms with Gasteiger partial charge in [-0.3, -0.25) is 101 Å². The average Bonchev–Trinajstić information content (AvgIpc) is 0.815. The van der Waals surface area contributed by atoms with E-state index in [9.17, 15) is 67.1 Å². The van der Waals surface area contributed by atoms with Crippen LogP contribution in [-0.4, -0.2) is 226 Å². The van der Waals surface area contributed by atoms with E-state index in [4.69, 9.17) is 129 Å². The van der Waals surface area contributed by atoms with Gasteiger partial charge in [-0.1, -0.05) is 88.6 Å². The molecular formula is C99H118Cl7N9O25. The molecule has 0 aromatic heterocycles. The molecule has 758 valence electrons. The summed E-state index contributed by atoms with van der Waals surface area (Å²) >= 11 is 43.5. The summed E-state index contributed by atoms with van der Waals surface area (Å²) in [7, 11) is 6.12. The lowest BCUT2D eigenvalue weighted by atomic mass is 10.1. The Labute approximate surface area is 849 Å². The molecule has 7 aromatic rings. The Bertz CT molecular complexity index is 5960. The monoisotopic (exact) mass is 2080 g/mol. The second kappa shape index (κ2) is 49.4. The number of halogens is 7. The van der Waals surface area contributed by atoms with E-state index in [-0.39, 0.29) is 171 Å². The van der Waals surface area contributed by atoms with Crippen molar-refractivity contribution in [3.63, 3.8) is 0 Å². The minimum Gasteiger partial charge on any atom is -0.482 e. The summed E-state index contributed by atoms with van der Waals surface area (Å²) < 4.78 is 57.9. The summed E-state index contributed by atoms with van der Waals surface area (Å²) in [6, 6.07) is 12.5. The van der Waals surface area contributed by atoms with Crippen molar-refractivity contribution in [1.82, 2.24) is 10.2 Å². The van der Waals surface area contributed by atoms with Gasteiger partial charge < -0.3 is 62.3 Å². The van der Waals surface area contributed by atoms with Crippen LogP contribution in [0.1, 0.15) is 134 Å². The molecule has 14 rings (SSSR count). The molecule has 0 aliphatic carbocycles. The van der Waals surface area contributed by atoms with Gasteiger partial charge in [-0.05, 0) is 266 Å². The number of methoxy groups -OCH3 is 1. The van der Waals surface area contributed by atoms with Crippen molar-refractivity contribution >= 4 is 204 Å². The van der Waals surface area contributed by atoms with Crippen LogP contribution in [0.15, 0.2) is 42.5 Å².